The zero-order valence-electron chi connectivity index (χ0n) is 8.93. The lowest BCUT2D eigenvalue weighted by atomic mass is 9.91. The van der Waals surface area contributed by atoms with Crippen molar-refractivity contribution in [3.05, 3.63) is 29.7 Å². The first kappa shape index (κ1) is 10.7. The van der Waals surface area contributed by atoms with Crippen LogP contribution in [0.25, 0.3) is 6.08 Å². The molecule has 4 heteroatoms. The molecule has 0 radical (unpaired) electrons. The highest BCUT2D eigenvalue weighted by molar-refractivity contribution is 5.89. The minimum Gasteiger partial charge on any atom is -0.465 e. The number of carbonyl (C=O) groups excluding carboxylic acids is 2. The highest BCUT2D eigenvalue weighted by Gasteiger charge is 2.28. The van der Waals surface area contributed by atoms with Gasteiger partial charge >= 0.3 is 11.9 Å². The summed E-state index contributed by atoms with van der Waals surface area (Å²) in [6, 6.07) is 3.62. The molecule has 84 valence electrons. The predicted molar refractivity (Wildman–Crippen MR) is 56.2 cm³/mol. The molecule has 0 unspecified atom stereocenters. The predicted octanol–water partition coefficient (Wildman–Crippen LogP) is 2.16. The summed E-state index contributed by atoms with van der Waals surface area (Å²) in [5.41, 5.74) is 0.958. The molecule has 0 aliphatic carbocycles. The molecule has 16 heavy (non-hydrogen) atoms. The van der Waals surface area contributed by atoms with Crippen molar-refractivity contribution in [2.75, 3.05) is 0 Å². The molecule has 0 bridgehead atoms. The topological polar surface area (TPSA) is 56.5 Å². The first-order valence-corrected chi connectivity index (χ1v) is 5.10. The molecule has 1 saturated heterocycles. The first-order valence-electron chi connectivity index (χ1n) is 5.10. The standard InChI is InChI=1S/C12H12O4/c1-8(5-10-3-2-4-15-10)9-6-11(13)16-12(14)7-9/h2-5,9H,6-7H2,1H3/b8-5-. The van der Waals surface area contributed by atoms with Gasteiger partial charge in [0, 0.05) is 5.92 Å². The van der Waals surface area contributed by atoms with Crippen molar-refractivity contribution in [3.8, 4) is 0 Å². The molecule has 4 nitrogen and oxygen atoms in total. The van der Waals surface area contributed by atoms with Crippen molar-refractivity contribution >= 4 is 18.0 Å². The van der Waals surface area contributed by atoms with Gasteiger partial charge in [0.2, 0.25) is 0 Å². The second-order valence-electron chi connectivity index (χ2n) is 3.86. The SMILES string of the molecule is C/C(=C/c1ccco1)C1CC(=O)OC(=O)C1. The highest BCUT2D eigenvalue weighted by atomic mass is 16.6. The van der Waals surface area contributed by atoms with E-state index in [9.17, 15) is 9.59 Å². The maximum Gasteiger partial charge on any atom is 0.314 e. The minimum atomic E-state index is -0.451. The average Bonchev–Trinajstić information content (AvgIpc) is 2.68. The largest absolute Gasteiger partial charge is 0.465 e. The highest BCUT2D eigenvalue weighted by Crippen LogP contribution is 2.26. The van der Waals surface area contributed by atoms with E-state index in [1.165, 1.54) is 0 Å². The van der Waals surface area contributed by atoms with Crippen LogP contribution in [0.2, 0.25) is 0 Å². The number of hydrogen-bond acceptors (Lipinski definition) is 4. The van der Waals surface area contributed by atoms with E-state index in [0.29, 0.717) is 0 Å². The molecular formula is C12H12O4. The minimum absolute atomic E-state index is 0.0705. The number of carbonyl (C=O) groups is 2. The van der Waals surface area contributed by atoms with Gasteiger partial charge in [0.05, 0.1) is 19.1 Å². The quantitative estimate of drug-likeness (QED) is 0.566. The van der Waals surface area contributed by atoms with Crippen LogP contribution in [0.1, 0.15) is 25.5 Å². The van der Waals surface area contributed by atoms with E-state index in [2.05, 4.69) is 4.74 Å². The summed E-state index contributed by atoms with van der Waals surface area (Å²) < 4.78 is 9.64. The molecule has 1 aliphatic rings. The van der Waals surface area contributed by atoms with Gasteiger partial charge in [-0.05, 0) is 25.1 Å². The van der Waals surface area contributed by atoms with E-state index < -0.39 is 11.9 Å². The fourth-order valence-electron chi connectivity index (χ4n) is 1.72. The van der Waals surface area contributed by atoms with Gasteiger partial charge in [-0.3, -0.25) is 9.59 Å². The molecule has 0 saturated carbocycles. The van der Waals surface area contributed by atoms with Gasteiger partial charge in [0.25, 0.3) is 0 Å². The third-order valence-corrected chi connectivity index (χ3v) is 2.61. The molecule has 1 fully saturated rings. The van der Waals surface area contributed by atoms with Gasteiger partial charge in [-0.1, -0.05) is 5.57 Å². The molecule has 1 aromatic rings. The van der Waals surface area contributed by atoms with Crippen LogP contribution >= 0.6 is 0 Å². The van der Waals surface area contributed by atoms with Crippen LogP contribution in [0.4, 0.5) is 0 Å². The number of ether oxygens (including phenoxy) is 1. The second-order valence-corrected chi connectivity index (χ2v) is 3.86. The molecule has 2 heterocycles. The normalized spacial score (nSPS) is 18.7. The summed E-state index contributed by atoms with van der Waals surface area (Å²) in [5.74, 6) is -0.246. The Labute approximate surface area is 92.9 Å². The molecular weight excluding hydrogens is 208 g/mol. The van der Waals surface area contributed by atoms with Gasteiger partial charge in [-0.15, -0.1) is 0 Å². The second kappa shape index (κ2) is 4.35. The molecule has 2 rings (SSSR count). The Morgan fingerprint density at radius 2 is 2.06 bits per heavy atom. The van der Waals surface area contributed by atoms with Gasteiger partial charge in [-0.25, -0.2) is 0 Å². The van der Waals surface area contributed by atoms with Crippen LogP contribution in [0.5, 0.6) is 0 Å². The lowest BCUT2D eigenvalue weighted by Crippen LogP contribution is -2.25. The van der Waals surface area contributed by atoms with Crippen molar-refractivity contribution < 1.29 is 18.7 Å². The van der Waals surface area contributed by atoms with Crippen molar-refractivity contribution in [2.45, 2.75) is 19.8 Å². The van der Waals surface area contributed by atoms with Crippen molar-refractivity contribution in [3.63, 3.8) is 0 Å². The smallest absolute Gasteiger partial charge is 0.314 e. The molecule has 1 aliphatic heterocycles. The van der Waals surface area contributed by atoms with Crippen LogP contribution in [-0.2, 0) is 14.3 Å². The number of hydrogen-bond donors (Lipinski definition) is 0. The Bertz CT molecular complexity index is 412. The Kier molecular flexibility index (Phi) is 2.90. The zero-order chi connectivity index (χ0) is 11.5. The van der Waals surface area contributed by atoms with E-state index in [1.807, 2.05) is 19.1 Å². The molecule has 0 aromatic carbocycles. The monoisotopic (exact) mass is 220 g/mol. The fourth-order valence-corrected chi connectivity index (χ4v) is 1.72. The molecule has 0 spiro atoms. The molecule has 0 atom stereocenters. The van der Waals surface area contributed by atoms with E-state index in [4.69, 9.17) is 4.42 Å². The van der Waals surface area contributed by atoms with Gasteiger partial charge in [0.15, 0.2) is 0 Å². The van der Waals surface area contributed by atoms with Crippen LogP contribution in [0.3, 0.4) is 0 Å². The number of esters is 2. The maximum atomic E-state index is 11.1. The lowest BCUT2D eigenvalue weighted by molar-refractivity contribution is -0.164. The van der Waals surface area contributed by atoms with Crippen molar-refractivity contribution in [2.24, 2.45) is 5.92 Å². The van der Waals surface area contributed by atoms with Crippen molar-refractivity contribution in [1.29, 1.82) is 0 Å². The third-order valence-electron chi connectivity index (χ3n) is 2.61. The van der Waals surface area contributed by atoms with E-state index in [0.717, 1.165) is 11.3 Å². The number of furan rings is 1. The third kappa shape index (κ3) is 2.39. The average molecular weight is 220 g/mol. The van der Waals surface area contributed by atoms with Crippen LogP contribution < -0.4 is 0 Å². The number of cyclic esters (lactones) is 2. The van der Waals surface area contributed by atoms with E-state index >= 15 is 0 Å². The first-order chi connectivity index (χ1) is 7.65. The van der Waals surface area contributed by atoms with Gasteiger partial charge in [0.1, 0.15) is 5.76 Å². The molecule has 0 amide bonds. The van der Waals surface area contributed by atoms with Crippen LogP contribution in [0.15, 0.2) is 28.4 Å². The van der Waals surface area contributed by atoms with E-state index in [-0.39, 0.29) is 18.8 Å². The van der Waals surface area contributed by atoms with E-state index in [1.54, 1.807) is 12.3 Å². The molecule has 0 N–H and O–H groups in total. The number of rotatable bonds is 2. The zero-order valence-corrected chi connectivity index (χ0v) is 8.93. The summed E-state index contributed by atoms with van der Waals surface area (Å²) in [6.45, 7) is 1.89. The lowest BCUT2D eigenvalue weighted by Gasteiger charge is -2.20. The summed E-state index contributed by atoms with van der Waals surface area (Å²) in [4.78, 5) is 22.2. The van der Waals surface area contributed by atoms with Crippen LogP contribution in [-0.4, -0.2) is 11.9 Å². The summed E-state index contributed by atoms with van der Waals surface area (Å²) in [5, 5.41) is 0. The summed E-state index contributed by atoms with van der Waals surface area (Å²) >= 11 is 0. The summed E-state index contributed by atoms with van der Waals surface area (Å²) in [7, 11) is 0. The Morgan fingerprint density at radius 1 is 1.38 bits per heavy atom. The Hall–Kier alpha value is -1.84. The van der Waals surface area contributed by atoms with Crippen molar-refractivity contribution in [1.82, 2.24) is 0 Å². The number of allylic oxidation sites excluding steroid dienone is 1. The summed E-state index contributed by atoms with van der Waals surface area (Å²) in [6.07, 6.45) is 3.94. The maximum absolute atomic E-state index is 11.1. The Morgan fingerprint density at radius 3 is 2.62 bits per heavy atom. The fraction of sp³-hybridized carbons (Fsp3) is 0.333. The Balaban J connectivity index is 2.12. The molecule has 1 aromatic heterocycles. The van der Waals surface area contributed by atoms with Crippen LogP contribution in [0, 0.1) is 5.92 Å². The van der Waals surface area contributed by atoms with Gasteiger partial charge in [-0.2, -0.15) is 0 Å². The van der Waals surface area contributed by atoms with Gasteiger partial charge < -0.3 is 9.15 Å².